The van der Waals surface area contributed by atoms with Gasteiger partial charge in [0.1, 0.15) is 5.75 Å². The van der Waals surface area contributed by atoms with Gasteiger partial charge in [0, 0.05) is 42.4 Å². The predicted octanol–water partition coefficient (Wildman–Crippen LogP) is 22.9. The fraction of sp³-hybridized carbons (Fsp3) is 0.241. The first kappa shape index (κ1) is 58.4. The van der Waals surface area contributed by atoms with Gasteiger partial charge in [-0.05, 0) is 238 Å². The number of allylic oxidation sites excluding steroid dienone is 10. The lowest BCUT2D eigenvalue weighted by atomic mass is 9.68. The molecule has 3 nitrogen and oxygen atoms in total. The van der Waals surface area contributed by atoms with Gasteiger partial charge in [-0.3, -0.25) is 0 Å². The largest absolute Gasteiger partial charge is 0.494 e. The molecule has 91 heavy (non-hydrogen) atoms. The van der Waals surface area contributed by atoms with Crippen LogP contribution in [0.1, 0.15) is 116 Å². The molecule has 9 aromatic carbocycles. The monoisotopic (exact) mass is 1200 g/mol. The Hall–Kier alpha value is -8.96. The molecule has 5 aliphatic carbocycles. The van der Waals surface area contributed by atoms with E-state index in [-0.39, 0.29) is 11.5 Å². The molecular weight excluding hydrogens is 1120 g/mol. The van der Waals surface area contributed by atoms with Crippen molar-refractivity contribution >= 4 is 63.8 Å². The van der Waals surface area contributed by atoms with Crippen LogP contribution in [0.4, 0.5) is 5.69 Å². The first-order valence-corrected chi connectivity index (χ1v) is 36.3. The molecule has 1 radical (unpaired) electrons. The number of para-hydroxylation sites is 1. The Balaban J connectivity index is 0.721. The smallest absolute Gasteiger partial charge is 0.119 e. The molecule has 0 bridgehead atoms. The van der Waals surface area contributed by atoms with Crippen molar-refractivity contribution < 1.29 is 4.74 Å². The third-order valence-electron chi connectivity index (χ3n) is 21.3. The van der Waals surface area contributed by atoms with E-state index in [9.17, 15) is 0 Å². The first-order valence-electron chi connectivity index (χ1n) is 33.9. The molecule has 0 spiro atoms. The van der Waals surface area contributed by atoms with Crippen LogP contribution < -0.4 is 9.64 Å². The molecule has 4 heteroatoms. The molecule has 1 fully saturated rings. The van der Waals surface area contributed by atoms with Crippen LogP contribution in [0.2, 0.25) is 18.6 Å². The standard InChI is InChI=1S/C87H83N2OSi/c1-4-61-26-30-65(31-27-61)68-34-35-70-57-78(48-40-69(70)56-68)90-53-55-91(3)54-17-52-87(73-20-11-7-12-21-73)83-25-16-15-24-79(83)80-49-47-77(60-84(80)87)88(75-43-36-64(37-44-75)63-18-9-6-10-19-63)76-45-38-67(39-46-76)72-42-51-86-82(59-72)81-58-71(66-32-28-62(5-2)29-33-66)41-50-85(81)89(86)74-22-13-8-14-23-74/h4-16,18-26,30,32,34-35,38-42,45-46,48-51,56-60,62,64,75,77H,1-2,17,27-29,31,33,36-37,43-44,47,52-55H2,3H3. The average Bonchev–Trinajstić information content (AvgIpc) is 1.57. The van der Waals surface area contributed by atoms with Crippen molar-refractivity contribution in [3.63, 3.8) is 0 Å². The third kappa shape index (κ3) is 11.5. The lowest BCUT2D eigenvalue weighted by molar-refractivity contribution is 0.339. The minimum absolute atomic E-state index is 0.203. The second-order valence-electron chi connectivity index (χ2n) is 26.6. The Bertz CT molecular complexity index is 4500. The van der Waals surface area contributed by atoms with Gasteiger partial charge >= 0.3 is 0 Å². The summed E-state index contributed by atoms with van der Waals surface area (Å²) in [5.41, 5.74) is 22.8. The van der Waals surface area contributed by atoms with Crippen molar-refractivity contribution in [3.05, 3.63) is 313 Å². The summed E-state index contributed by atoms with van der Waals surface area (Å²) in [6, 6.07) is 83.8. The first-order chi connectivity index (χ1) is 44.9. The van der Waals surface area contributed by atoms with Gasteiger partial charge in [-0.2, -0.15) is 0 Å². The molecule has 15 rings (SSSR count). The average molecular weight is 1200 g/mol. The van der Waals surface area contributed by atoms with Crippen molar-refractivity contribution in [2.75, 3.05) is 11.5 Å². The Morgan fingerprint density at radius 3 is 2.01 bits per heavy atom. The van der Waals surface area contributed by atoms with Gasteiger partial charge in [0.2, 0.25) is 0 Å². The molecule has 10 aromatic rings. The summed E-state index contributed by atoms with van der Waals surface area (Å²) < 4.78 is 9.02. The van der Waals surface area contributed by atoms with Crippen molar-refractivity contribution in [1.82, 2.24) is 4.57 Å². The molecule has 5 aliphatic rings. The van der Waals surface area contributed by atoms with Gasteiger partial charge in [0.15, 0.2) is 0 Å². The van der Waals surface area contributed by atoms with E-state index in [1.165, 1.54) is 148 Å². The van der Waals surface area contributed by atoms with Crippen LogP contribution >= 0.6 is 0 Å². The Morgan fingerprint density at radius 2 is 1.27 bits per heavy atom. The second-order valence-corrected chi connectivity index (χ2v) is 29.5. The number of nitrogens with zero attached hydrogens (tertiary/aromatic N) is 2. The molecule has 0 N–H and O–H groups in total. The number of hydrogen-bond donors (Lipinski definition) is 0. The van der Waals surface area contributed by atoms with Crippen LogP contribution in [0.15, 0.2) is 279 Å². The summed E-state index contributed by atoms with van der Waals surface area (Å²) in [4.78, 5) is 2.88. The summed E-state index contributed by atoms with van der Waals surface area (Å²) in [5.74, 6) is 2.13. The number of hydrogen-bond acceptors (Lipinski definition) is 2. The third-order valence-corrected chi connectivity index (χ3v) is 23.6. The second kappa shape index (κ2) is 25.7. The minimum atomic E-state index is -0.681. The zero-order valence-corrected chi connectivity index (χ0v) is 53.9. The molecular formula is C87H83N2OSi. The molecule has 451 valence electrons. The summed E-state index contributed by atoms with van der Waals surface area (Å²) >= 11 is 0. The fourth-order valence-electron chi connectivity index (χ4n) is 16.4. The van der Waals surface area contributed by atoms with Gasteiger partial charge < -0.3 is 14.2 Å². The molecule has 3 atom stereocenters. The molecule has 1 heterocycles. The van der Waals surface area contributed by atoms with E-state index in [4.69, 9.17) is 4.74 Å². The van der Waals surface area contributed by atoms with Gasteiger partial charge in [0.25, 0.3) is 0 Å². The van der Waals surface area contributed by atoms with Gasteiger partial charge in [-0.25, -0.2) is 0 Å². The van der Waals surface area contributed by atoms with Crippen LogP contribution in [0.5, 0.6) is 5.75 Å². The summed E-state index contributed by atoms with van der Waals surface area (Å²) in [6.07, 6.45) is 29.8. The van der Waals surface area contributed by atoms with Gasteiger partial charge in [-0.1, -0.05) is 214 Å². The Labute approximate surface area is 541 Å². The van der Waals surface area contributed by atoms with Crippen molar-refractivity contribution in [2.45, 2.75) is 119 Å². The summed E-state index contributed by atoms with van der Waals surface area (Å²) in [5, 5.41) is 5.08. The maximum absolute atomic E-state index is 6.56. The lowest BCUT2D eigenvalue weighted by Crippen LogP contribution is -2.45. The predicted molar refractivity (Wildman–Crippen MR) is 389 cm³/mol. The number of ether oxygens (including phenoxy) is 1. The zero-order chi connectivity index (χ0) is 61.3. The SMILES string of the molecule is C=CC1=CC=C(c2ccc3cc(OCC[Si](C)CCCC4(c5ccccc5)C5=CC(N(c6ccc(-c7ccc8c(c7)c7cc(C9=CCC(C=C)CC9)ccc7n8-c7ccccc7)cc6)C6CCC(c7ccccc7)CC6)CC=C5c5ccccc54)ccc3c2)CC1. The molecule has 0 amide bonds. The minimum Gasteiger partial charge on any atom is -0.494 e. The van der Waals surface area contributed by atoms with E-state index < -0.39 is 8.80 Å². The maximum atomic E-state index is 6.56. The summed E-state index contributed by atoms with van der Waals surface area (Å²) in [7, 11) is -0.681. The highest BCUT2D eigenvalue weighted by Crippen LogP contribution is 2.58. The summed E-state index contributed by atoms with van der Waals surface area (Å²) in [6.45, 7) is 11.4. The molecule has 1 aromatic heterocycles. The van der Waals surface area contributed by atoms with Crippen LogP contribution in [-0.4, -0.2) is 32.1 Å². The number of fused-ring (bicyclic) bond motifs is 7. The topological polar surface area (TPSA) is 17.4 Å². The van der Waals surface area contributed by atoms with Crippen molar-refractivity contribution in [3.8, 4) is 22.6 Å². The fourth-order valence-corrected chi connectivity index (χ4v) is 17.9. The quantitative estimate of drug-likeness (QED) is 0.0593. The number of benzene rings is 9. The maximum Gasteiger partial charge on any atom is 0.119 e. The molecule has 0 aliphatic heterocycles. The van der Waals surface area contributed by atoms with E-state index in [0.29, 0.717) is 17.9 Å². The van der Waals surface area contributed by atoms with Crippen LogP contribution in [0, 0.1) is 5.92 Å². The highest BCUT2D eigenvalue weighted by atomic mass is 28.3. The van der Waals surface area contributed by atoms with Crippen LogP contribution in [0.3, 0.4) is 0 Å². The van der Waals surface area contributed by atoms with Crippen LogP contribution in [0.25, 0.3) is 66.1 Å². The van der Waals surface area contributed by atoms with Crippen LogP contribution in [-0.2, 0) is 5.41 Å². The van der Waals surface area contributed by atoms with E-state index in [1.54, 1.807) is 0 Å². The van der Waals surface area contributed by atoms with E-state index >= 15 is 0 Å². The van der Waals surface area contributed by atoms with E-state index in [0.717, 1.165) is 69.8 Å². The Kier molecular flexibility index (Phi) is 16.5. The van der Waals surface area contributed by atoms with Crippen molar-refractivity contribution in [1.29, 1.82) is 0 Å². The normalized spacial score (nSPS) is 20.5. The van der Waals surface area contributed by atoms with Gasteiger partial charge in [-0.15, -0.1) is 6.58 Å². The van der Waals surface area contributed by atoms with E-state index in [2.05, 4.69) is 278 Å². The number of anilines is 1. The number of aromatic nitrogens is 1. The molecule has 3 unspecified atom stereocenters. The highest BCUT2D eigenvalue weighted by Gasteiger charge is 2.48. The van der Waals surface area contributed by atoms with Gasteiger partial charge in [0.05, 0.1) is 23.7 Å². The number of rotatable bonds is 19. The lowest BCUT2D eigenvalue weighted by Gasteiger charge is -2.44. The highest BCUT2D eigenvalue weighted by molar-refractivity contribution is 6.57. The van der Waals surface area contributed by atoms with E-state index in [1.807, 2.05) is 6.08 Å². The molecule has 1 saturated carbocycles. The zero-order valence-electron chi connectivity index (χ0n) is 52.9. The molecule has 0 saturated heterocycles. The Morgan fingerprint density at radius 1 is 0.593 bits per heavy atom. The van der Waals surface area contributed by atoms with Crippen molar-refractivity contribution in [2.24, 2.45) is 5.92 Å².